The molecule has 13 heteroatoms. The fourth-order valence-electron chi connectivity index (χ4n) is 4.20. The van der Waals surface area contributed by atoms with Crippen LogP contribution in [0.5, 0.6) is 11.6 Å². The molecule has 3 rings (SSSR count). The summed E-state index contributed by atoms with van der Waals surface area (Å²) in [5.74, 6) is -0.323. The molecular weight excluding hydrogens is 531 g/mol. The summed E-state index contributed by atoms with van der Waals surface area (Å²) in [6, 6.07) is 4.52. The highest BCUT2D eigenvalue weighted by molar-refractivity contribution is 7.92. The molecule has 1 unspecified atom stereocenters. The van der Waals surface area contributed by atoms with Crippen molar-refractivity contribution < 1.29 is 33.2 Å². The average Bonchev–Trinajstić information content (AvgIpc) is 3.01. The Morgan fingerprint density at radius 3 is 2.37 bits per heavy atom. The van der Waals surface area contributed by atoms with Gasteiger partial charge in [0.05, 0.1) is 29.9 Å². The lowest BCUT2D eigenvalue weighted by Gasteiger charge is -2.25. The van der Waals surface area contributed by atoms with Crippen molar-refractivity contribution in [2.24, 2.45) is 10.2 Å². The van der Waals surface area contributed by atoms with Gasteiger partial charge in [-0.05, 0) is 35.2 Å². The fraction of sp³-hybridized carbons (Fsp3) is 0.560. The van der Waals surface area contributed by atoms with Crippen LogP contribution in [0.2, 0.25) is 0 Å². The lowest BCUT2D eigenvalue weighted by molar-refractivity contribution is 0.229. The predicted octanol–water partition coefficient (Wildman–Crippen LogP) is 3.66. The Labute approximate surface area is 225 Å². The van der Waals surface area contributed by atoms with E-state index in [4.69, 9.17) is 4.52 Å². The largest absolute Gasteiger partial charge is 0.505 e. The van der Waals surface area contributed by atoms with Gasteiger partial charge in [-0.25, -0.2) is 8.42 Å². The van der Waals surface area contributed by atoms with Gasteiger partial charge in [0.2, 0.25) is 21.2 Å². The molecule has 0 amide bonds. The number of benzene rings is 1. The molecule has 1 atom stereocenters. The number of amidine groups is 1. The number of aromatic hydroxyl groups is 2. The Balaban J connectivity index is 2.18. The number of fused-ring (bicyclic) bond motifs is 1. The first-order chi connectivity index (χ1) is 17.4. The van der Waals surface area contributed by atoms with Crippen molar-refractivity contribution >= 4 is 40.4 Å². The van der Waals surface area contributed by atoms with Crippen LogP contribution in [0, 0.1) is 5.41 Å². The van der Waals surface area contributed by atoms with E-state index in [2.05, 4.69) is 35.6 Å². The third-order valence-corrected chi connectivity index (χ3v) is 8.54. The van der Waals surface area contributed by atoms with E-state index in [0.29, 0.717) is 17.9 Å². The maximum atomic E-state index is 11.8. The summed E-state index contributed by atoms with van der Waals surface area (Å²) in [5, 5.41) is 35.3. The molecule has 1 aliphatic heterocycles. The molecule has 6 N–H and O–H groups in total. The van der Waals surface area contributed by atoms with Crippen LogP contribution in [0.1, 0.15) is 65.6 Å². The van der Waals surface area contributed by atoms with Gasteiger partial charge in [-0.3, -0.25) is 4.72 Å². The molecular formula is C25H40N4O7PS+. The summed E-state index contributed by atoms with van der Waals surface area (Å²) in [7, 11) is -7.35. The predicted molar refractivity (Wildman–Crippen MR) is 152 cm³/mol. The Bertz CT molecular complexity index is 1330. The number of anilines is 2. The van der Waals surface area contributed by atoms with Crippen LogP contribution in [-0.4, -0.2) is 58.5 Å². The maximum Gasteiger partial charge on any atom is 0.432 e. The minimum absolute atomic E-state index is 0.0153. The molecule has 0 saturated heterocycles. The molecule has 11 nitrogen and oxygen atoms in total. The van der Waals surface area contributed by atoms with E-state index in [-0.39, 0.29) is 59.1 Å². The molecule has 0 spiro atoms. The quantitative estimate of drug-likeness (QED) is 0.196. The highest BCUT2D eigenvalue weighted by Crippen LogP contribution is 2.60. The van der Waals surface area contributed by atoms with Crippen molar-refractivity contribution in [3.05, 3.63) is 29.5 Å². The van der Waals surface area contributed by atoms with Crippen molar-refractivity contribution in [3.8, 4) is 11.6 Å². The topological polar surface area (TPSA) is 166 Å². The minimum Gasteiger partial charge on any atom is -0.505 e. The van der Waals surface area contributed by atoms with Crippen molar-refractivity contribution in [2.75, 3.05) is 29.5 Å². The molecule has 38 heavy (non-hydrogen) atoms. The van der Waals surface area contributed by atoms with E-state index in [1.807, 2.05) is 20.8 Å². The van der Waals surface area contributed by atoms with Gasteiger partial charge in [-0.2, -0.15) is 9.42 Å². The van der Waals surface area contributed by atoms with Gasteiger partial charge >= 0.3 is 7.87 Å². The highest BCUT2D eigenvalue weighted by Gasteiger charge is 2.50. The zero-order valence-electron chi connectivity index (χ0n) is 23.0. The molecule has 0 bridgehead atoms. The Morgan fingerprint density at radius 2 is 1.82 bits per heavy atom. The molecule has 1 aliphatic rings. The summed E-state index contributed by atoms with van der Waals surface area (Å²) < 4.78 is 37.8. The summed E-state index contributed by atoms with van der Waals surface area (Å²) in [6.45, 7) is 12.4. The maximum absolute atomic E-state index is 11.8. The van der Waals surface area contributed by atoms with E-state index in [1.54, 1.807) is 10.6 Å². The number of hydrogen-bond acceptors (Lipinski definition) is 9. The van der Waals surface area contributed by atoms with Crippen LogP contribution in [0.25, 0.3) is 0 Å². The molecule has 2 heterocycles. The molecule has 1 aromatic heterocycles. The second-order valence-electron chi connectivity index (χ2n) is 11.7. The van der Waals surface area contributed by atoms with Crippen molar-refractivity contribution in [1.82, 2.24) is 4.57 Å². The number of aromatic nitrogens is 1. The first kappa shape index (κ1) is 30.2. The highest BCUT2D eigenvalue weighted by atomic mass is 32.2. The molecule has 0 fully saturated rings. The lowest BCUT2D eigenvalue weighted by Crippen LogP contribution is -2.29. The standard InChI is InChI=1S/C25H39N4O7PS/c1-24(2,3)11-12-29-21(25(4,5)6)20(31)19(23(29)32)22-26-17-10-9-16(28-38(7,34)35)15-18(17)37(33,27-22)36-14-8-13-30/h9-10,15,28,30,33H,8,11-14H2,1-7H3,(H2-,26,27,31,32)/p+1. The monoisotopic (exact) mass is 571 g/mol. The SMILES string of the molecule is CC(C)(C)CCn1c(O)c(C2=N[P+](O)(OCCCO)c3cc(NS(C)(=O)=O)ccc3N2)c(O)c1C(C)(C)C. The molecule has 0 radical (unpaired) electrons. The van der Waals surface area contributed by atoms with E-state index in [9.17, 15) is 28.6 Å². The van der Waals surface area contributed by atoms with E-state index >= 15 is 0 Å². The summed E-state index contributed by atoms with van der Waals surface area (Å²) in [6.07, 6.45) is 1.99. The fourth-order valence-corrected chi connectivity index (χ4v) is 6.62. The average molecular weight is 572 g/mol. The van der Waals surface area contributed by atoms with Gasteiger partial charge in [-0.1, -0.05) is 41.5 Å². The number of aliphatic hydroxyl groups is 1. The Kier molecular flexibility index (Phi) is 8.46. The van der Waals surface area contributed by atoms with Crippen molar-refractivity contribution in [1.29, 1.82) is 0 Å². The van der Waals surface area contributed by atoms with E-state index in [0.717, 1.165) is 12.7 Å². The first-order valence-corrected chi connectivity index (χ1v) is 15.9. The summed E-state index contributed by atoms with van der Waals surface area (Å²) >= 11 is 0. The van der Waals surface area contributed by atoms with Gasteiger partial charge in [0.25, 0.3) is 0 Å². The van der Waals surface area contributed by atoms with Crippen molar-refractivity contribution in [3.63, 3.8) is 0 Å². The van der Waals surface area contributed by atoms with Gasteiger partial charge in [-0.15, -0.1) is 0 Å². The van der Waals surface area contributed by atoms with Crippen molar-refractivity contribution in [2.45, 2.75) is 66.3 Å². The third kappa shape index (κ3) is 6.79. The minimum atomic E-state index is -3.78. The molecule has 212 valence electrons. The zero-order valence-corrected chi connectivity index (χ0v) is 24.7. The number of nitrogens with zero attached hydrogens (tertiary/aromatic N) is 2. The normalized spacial score (nSPS) is 18.1. The van der Waals surface area contributed by atoms with E-state index in [1.165, 1.54) is 12.1 Å². The van der Waals surface area contributed by atoms with Gasteiger partial charge in [0.15, 0.2) is 11.6 Å². The Morgan fingerprint density at radius 1 is 1.16 bits per heavy atom. The second kappa shape index (κ2) is 10.7. The lowest BCUT2D eigenvalue weighted by atomic mass is 9.89. The molecule has 2 aromatic rings. The van der Waals surface area contributed by atoms with Crippen LogP contribution in [0.3, 0.4) is 0 Å². The molecule has 0 aliphatic carbocycles. The smallest absolute Gasteiger partial charge is 0.432 e. The number of rotatable bonds is 9. The van der Waals surface area contributed by atoms with Crippen LogP contribution >= 0.6 is 7.87 Å². The summed E-state index contributed by atoms with van der Waals surface area (Å²) in [5.41, 5.74) is 0.612. The number of hydrogen-bond donors (Lipinski definition) is 6. The summed E-state index contributed by atoms with van der Waals surface area (Å²) in [4.78, 5) is 11.7. The van der Waals surface area contributed by atoms with E-state index < -0.39 is 23.3 Å². The number of aliphatic hydroxyl groups excluding tert-OH is 1. The number of nitrogens with one attached hydrogen (secondary N) is 2. The Hall–Kier alpha value is -2.37. The van der Waals surface area contributed by atoms with Gasteiger partial charge < -0.3 is 25.2 Å². The third-order valence-electron chi connectivity index (χ3n) is 5.92. The molecule has 0 saturated carbocycles. The van der Waals surface area contributed by atoms with Crippen LogP contribution < -0.4 is 15.3 Å². The zero-order chi connectivity index (χ0) is 28.7. The van der Waals surface area contributed by atoms with Crippen LogP contribution in [-0.2, 0) is 26.5 Å². The second-order valence-corrected chi connectivity index (χ2v) is 15.5. The first-order valence-electron chi connectivity index (χ1n) is 12.4. The van der Waals surface area contributed by atoms with Gasteiger partial charge in [0.1, 0.15) is 5.56 Å². The van der Waals surface area contributed by atoms with Gasteiger partial charge in [0, 0.05) is 24.6 Å². The van der Waals surface area contributed by atoms with Crippen LogP contribution in [0.4, 0.5) is 11.4 Å². The number of sulfonamides is 1. The van der Waals surface area contributed by atoms with Crippen LogP contribution in [0.15, 0.2) is 23.0 Å². The molecule has 1 aromatic carbocycles.